The van der Waals surface area contributed by atoms with E-state index in [1.165, 1.54) is 24.3 Å². The molecule has 0 aliphatic heterocycles. The number of carbonyl (C=O) groups is 1. The molecule has 3 N–H and O–H groups in total. The van der Waals surface area contributed by atoms with Gasteiger partial charge in [0.05, 0.1) is 5.92 Å². The molecule has 0 spiro atoms. The van der Waals surface area contributed by atoms with Gasteiger partial charge >= 0.3 is 5.97 Å². The van der Waals surface area contributed by atoms with Crippen LogP contribution in [0.5, 0.6) is 11.5 Å². The van der Waals surface area contributed by atoms with Gasteiger partial charge < -0.3 is 15.3 Å². The van der Waals surface area contributed by atoms with Crippen LogP contribution in [-0.2, 0) is 11.2 Å². The summed E-state index contributed by atoms with van der Waals surface area (Å²) < 4.78 is 0. The van der Waals surface area contributed by atoms with Crippen molar-refractivity contribution in [1.82, 2.24) is 0 Å². The second kappa shape index (κ2) is 5.44. The third-order valence-corrected chi connectivity index (χ3v) is 2.95. The Bertz CT molecular complexity index is 575. The third kappa shape index (κ3) is 3.25. The summed E-state index contributed by atoms with van der Waals surface area (Å²) in [4.78, 5) is 11.4. The van der Waals surface area contributed by atoms with Crippen LogP contribution < -0.4 is 0 Å². The van der Waals surface area contributed by atoms with Gasteiger partial charge in [-0.3, -0.25) is 4.79 Å². The largest absolute Gasteiger partial charge is 0.508 e. The number of phenols is 2. The lowest BCUT2D eigenvalue weighted by molar-refractivity contribution is -0.138. The van der Waals surface area contributed by atoms with E-state index in [9.17, 15) is 20.1 Å². The zero-order valence-corrected chi connectivity index (χ0v) is 10.2. The van der Waals surface area contributed by atoms with E-state index in [4.69, 9.17) is 0 Å². The van der Waals surface area contributed by atoms with Gasteiger partial charge in [-0.15, -0.1) is 0 Å². The fraction of sp³-hybridized carbons (Fsp3) is 0.133. The maximum atomic E-state index is 11.4. The second-order valence-corrected chi connectivity index (χ2v) is 4.36. The van der Waals surface area contributed by atoms with Crippen molar-refractivity contribution in [1.29, 1.82) is 0 Å². The molecular formula is C15H14O4. The zero-order chi connectivity index (χ0) is 13.8. The van der Waals surface area contributed by atoms with Crippen molar-refractivity contribution in [2.75, 3.05) is 0 Å². The van der Waals surface area contributed by atoms with Crippen LogP contribution in [0.2, 0.25) is 0 Å². The molecule has 2 aromatic carbocycles. The average Bonchev–Trinajstić information content (AvgIpc) is 2.37. The molecule has 98 valence electrons. The molecular weight excluding hydrogens is 244 g/mol. The minimum absolute atomic E-state index is 0.0504. The van der Waals surface area contributed by atoms with E-state index in [2.05, 4.69) is 0 Å². The Hall–Kier alpha value is -2.49. The quantitative estimate of drug-likeness (QED) is 0.787. The van der Waals surface area contributed by atoms with Gasteiger partial charge in [-0.25, -0.2) is 0 Å². The highest BCUT2D eigenvalue weighted by Crippen LogP contribution is 2.25. The monoisotopic (exact) mass is 258 g/mol. The Morgan fingerprint density at radius 3 is 2.26 bits per heavy atom. The third-order valence-electron chi connectivity index (χ3n) is 2.95. The van der Waals surface area contributed by atoms with Crippen LogP contribution in [-0.4, -0.2) is 21.3 Å². The first-order chi connectivity index (χ1) is 9.06. The van der Waals surface area contributed by atoms with Gasteiger partial charge in [0.2, 0.25) is 0 Å². The molecule has 0 saturated heterocycles. The van der Waals surface area contributed by atoms with Crippen LogP contribution in [0, 0.1) is 0 Å². The van der Waals surface area contributed by atoms with E-state index in [0.29, 0.717) is 12.0 Å². The van der Waals surface area contributed by atoms with Crippen molar-refractivity contribution in [2.24, 2.45) is 0 Å². The van der Waals surface area contributed by atoms with Gasteiger partial charge in [-0.1, -0.05) is 24.3 Å². The molecule has 0 fully saturated rings. The first-order valence-corrected chi connectivity index (χ1v) is 5.86. The average molecular weight is 258 g/mol. The van der Waals surface area contributed by atoms with E-state index >= 15 is 0 Å². The highest BCUT2D eigenvalue weighted by atomic mass is 16.4. The molecule has 0 aliphatic carbocycles. The Kier molecular flexibility index (Phi) is 3.71. The van der Waals surface area contributed by atoms with E-state index < -0.39 is 11.9 Å². The van der Waals surface area contributed by atoms with Crippen LogP contribution in [0.4, 0.5) is 0 Å². The van der Waals surface area contributed by atoms with Crippen molar-refractivity contribution in [3.63, 3.8) is 0 Å². The van der Waals surface area contributed by atoms with Crippen molar-refractivity contribution >= 4 is 5.97 Å². The molecule has 0 amide bonds. The van der Waals surface area contributed by atoms with Gasteiger partial charge in [-0.2, -0.15) is 0 Å². The number of benzene rings is 2. The van der Waals surface area contributed by atoms with Crippen LogP contribution in [0.15, 0.2) is 48.5 Å². The van der Waals surface area contributed by atoms with E-state index in [-0.39, 0.29) is 11.5 Å². The molecule has 0 aromatic heterocycles. The number of hydrogen-bond donors (Lipinski definition) is 3. The molecule has 0 radical (unpaired) electrons. The maximum absolute atomic E-state index is 11.4. The van der Waals surface area contributed by atoms with E-state index in [1.807, 2.05) is 0 Å². The Balaban J connectivity index is 2.26. The van der Waals surface area contributed by atoms with Gasteiger partial charge in [0.15, 0.2) is 0 Å². The number of phenolic OH excluding ortho intramolecular Hbond substituents is 2. The van der Waals surface area contributed by atoms with Gasteiger partial charge in [0.1, 0.15) is 11.5 Å². The lowest BCUT2D eigenvalue weighted by atomic mass is 9.92. The number of rotatable bonds is 4. The first-order valence-electron chi connectivity index (χ1n) is 5.86. The highest BCUT2D eigenvalue weighted by Gasteiger charge is 2.20. The normalized spacial score (nSPS) is 12.0. The highest BCUT2D eigenvalue weighted by molar-refractivity contribution is 5.76. The molecule has 0 aliphatic rings. The lowest BCUT2D eigenvalue weighted by Gasteiger charge is -2.13. The van der Waals surface area contributed by atoms with Gasteiger partial charge in [0.25, 0.3) is 0 Å². The molecule has 2 rings (SSSR count). The SMILES string of the molecule is O=C(O)C(Cc1ccc(O)cc1)c1cccc(O)c1. The number of aromatic hydroxyl groups is 2. The molecule has 2 aromatic rings. The van der Waals surface area contributed by atoms with Crippen molar-refractivity contribution in [3.05, 3.63) is 59.7 Å². The number of carboxylic acid groups (broad SMARTS) is 1. The van der Waals surface area contributed by atoms with Crippen LogP contribution >= 0.6 is 0 Å². The molecule has 1 atom stereocenters. The summed E-state index contributed by atoms with van der Waals surface area (Å²) in [7, 11) is 0. The minimum Gasteiger partial charge on any atom is -0.508 e. The van der Waals surface area contributed by atoms with Crippen molar-refractivity contribution in [3.8, 4) is 11.5 Å². The fourth-order valence-corrected chi connectivity index (χ4v) is 1.96. The summed E-state index contributed by atoms with van der Waals surface area (Å²) >= 11 is 0. The van der Waals surface area contributed by atoms with E-state index in [1.54, 1.807) is 24.3 Å². The van der Waals surface area contributed by atoms with Gasteiger partial charge in [0, 0.05) is 0 Å². The molecule has 0 saturated carbocycles. The summed E-state index contributed by atoms with van der Waals surface area (Å²) in [6.07, 6.45) is 0.305. The lowest BCUT2D eigenvalue weighted by Crippen LogP contribution is -2.14. The summed E-state index contributed by atoms with van der Waals surface area (Å²) in [5.74, 6) is -1.47. The maximum Gasteiger partial charge on any atom is 0.311 e. The van der Waals surface area contributed by atoms with Crippen molar-refractivity contribution < 1.29 is 20.1 Å². The summed E-state index contributed by atoms with van der Waals surface area (Å²) in [6, 6.07) is 12.7. The van der Waals surface area contributed by atoms with E-state index in [0.717, 1.165) is 5.56 Å². The minimum atomic E-state index is -0.946. The molecule has 4 nitrogen and oxygen atoms in total. The zero-order valence-electron chi connectivity index (χ0n) is 10.2. The standard InChI is InChI=1S/C15H14O4/c16-12-6-4-10(5-7-12)8-14(15(18)19)11-2-1-3-13(17)9-11/h1-7,9,14,16-17H,8H2,(H,18,19). The van der Waals surface area contributed by atoms with Crippen LogP contribution in [0.1, 0.15) is 17.0 Å². The van der Waals surface area contributed by atoms with Crippen LogP contribution in [0.3, 0.4) is 0 Å². The Labute approximate surface area is 110 Å². The number of hydrogen-bond acceptors (Lipinski definition) is 3. The van der Waals surface area contributed by atoms with Gasteiger partial charge in [-0.05, 0) is 41.8 Å². The van der Waals surface area contributed by atoms with Crippen molar-refractivity contribution in [2.45, 2.75) is 12.3 Å². The summed E-state index contributed by atoms with van der Waals surface area (Å²) in [6.45, 7) is 0. The summed E-state index contributed by atoms with van der Waals surface area (Å²) in [5, 5.41) is 27.9. The molecule has 4 heteroatoms. The second-order valence-electron chi connectivity index (χ2n) is 4.36. The smallest absolute Gasteiger partial charge is 0.311 e. The first kappa shape index (κ1) is 13.0. The predicted octanol–water partition coefficient (Wildman–Crippen LogP) is 2.51. The summed E-state index contributed by atoms with van der Waals surface area (Å²) in [5.41, 5.74) is 1.37. The fourth-order valence-electron chi connectivity index (χ4n) is 1.96. The molecule has 0 bridgehead atoms. The van der Waals surface area contributed by atoms with Crippen LogP contribution in [0.25, 0.3) is 0 Å². The molecule has 19 heavy (non-hydrogen) atoms. The molecule has 1 unspecified atom stereocenters. The number of aliphatic carboxylic acids is 1. The topological polar surface area (TPSA) is 77.8 Å². The predicted molar refractivity (Wildman–Crippen MR) is 70.3 cm³/mol. The Morgan fingerprint density at radius 1 is 1.00 bits per heavy atom. The molecule has 0 heterocycles. The number of carboxylic acids is 1. The Morgan fingerprint density at radius 2 is 1.68 bits per heavy atom.